The Morgan fingerprint density at radius 3 is 2.40 bits per heavy atom. The van der Waals surface area contributed by atoms with Crippen LogP contribution in [0.4, 0.5) is 22.7 Å². The number of aliphatic hydroxyl groups excluding tert-OH is 1. The fourth-order valence-corrected chi connectivity index (χ4v) is 4.15. The van der Waals surface area contributed by atoms with Gasteiger partial charge in [0.2, 0.25) is 0 Å². The van der Waals surface area contributed by atoms with Gasteiger partial charge in [0.05, 0.1) is 29.8 Å². The summed E-state index contributed by atoms with van der Waals surface area (Å²) in [6.07, 6.45) is 1.48. The van der Waals surface area contributed by atoms with Gasteiger partial charge in [-0.1, -0.05) is 12.1 Å². The molecule has 35 heavy (non-hydrogen) atoms. The van der Waals surface area contributed by atoms with Crippen LogP contribution in [-0.4, -0.2) is 52.0 Å². The number of hydrazone groups is 1. The van der Waals surface area contributed by atoms with Crippen LogP contribution in [0.3, 0.4) is 0 Å². The third kappa shape index (κ3) is 6.68. The number of likely N-dealkylation sites (N-methyl/N-ethyl adjacent to an activating group) is 1. The SMILES string of the molecule is COc1ccc(NS(=O)(=O)c2ccc(NN=Cc3ccc(N(C)CCO)cc3)c([N+](=O)[O-])c2)cc1. The molecular weight excluding hydrogens is 474 g/mol. The summed E-state index contributed by atoms with van der Waals surface area (Å²) in [7, 11) is -0.715. The number of hydrogen-bond acceptors (Lipinski definition) is 9. The Morgan fingerprint density at radius 2 is 1.80 bits per heavy atom. The Morgan fingerprint density at radius 1 is 1.11 bits per heavy atom. The van der Waals surface area contributed by atoms with Crippen molar-refractivity contribution >= 4 is 39.0 Å². The standard InChI is InChI=1S/C23H25N5O6S/c1-27(13-14-29)19-7-3-17(4-8-19)16-24-25-22-12-11-21(15-23(22)28(30)31)35(32,33)26-18-5-9-20(34-2)10-6-18/h3-12,15-16,25-26,29H,13-14H2,1-2H3. The molecular formula is C23H25N5O6S. The highest BCUT2D eigenvalue weighted by atomic mass is 32.2. The number of nitro benzene ring substituents is 1. The molecule has 0 heterocycles. The summed E-state index contributed by atoms with van der Waals surface area (Å²) >= 11 is 0. The molecule has 0 aromatic heterocycles. The van der Waals surface area contributed by atoms with Crippen LogP contribution in [0.25, 0.3) is 0 Å². The van der Waals surface area contributed by atoms with E-state index in [1.807, 2.05) is 36.2 Å². The van der Waals surface area contributed by atoms with Crippen LogP contribution in [0, 0.1) is 10.1 Å². The van der Waals surface area contributed by atoms with Crippen LogP contribution in [0.1, 0.15) is 5.56 Å². The molecule has 0 atom stereocenters. The van der Waals surface area contributed by atoms with Gasteiger partial charge in [0.15, 0.2) is 0 Å². The molecule has 0 unspecified atom stereocenters. The molecule has 0 saturated heterocycles. The fraction of sp³-hybridized carbons (Fsp3) is 0.174. The van der Waals surface area contributed by atoms with Gasteiger partial charge in [0, 0.05) is 31.0 Å². The number of hydrogen-bond donors (Lipinski definition) is 3. The Labute approximate surface area is 202 Å². The highest BCUT2D eigenvalue weighted by Crippen LogP contribution is 2.29. The first-order chi connectivity index (χ1) is 16.7. The number of methoxy groups -OCH3 is 1. The maximum absolute atomic E-state index is 12.7. The topological polar surface area (TPSA) is 146 Å². The van der Waals surface area contributed by atoms with E-state index >= 15 is 0 Å². The summed E-state index contributed by atoms with van der Waals surface area (Å²) in [5.41, 5.74) is 4.13. The van der Waals surface area contributed by atoms with Crippen LogP contribution in [-0.2, 0) is 10.0 Å². The molecule has 3 N–H and O–H groups in total. The molecule has 3 aromatic carbocycles. The minimum Gasteiger partial charge on any atom is -0.497 e. The van der Waals surface area contributed by atoms with Crippen LogP contribution in [0.2, 0.25) is 0 Å². The lowest BCUT2D eigenvalue weighted by Crippen LogP contribution is -2.20. The molecule has 3 rings (SSSR count). The minimum absolute atomic E-state index is 0.0361. The normalized spacial score (nSPS) is 11.3. The molecule has 0 bridgehead atoms. The predicted molar refractivity (Wildman–Crippen MR) is 135 cm³/mol. The smallest absolute Gasteiger partial charge is 0.295 e. The van der Waals surface area contributed by atoms with Gasteiger partial charge in [-0.2, -0.15) is 5.10 Å². The monoisotopic (exact) mass is 499 g/mol. The molecule has 3 aromatic rings. The first-order valence-electron chi connectivity index (χ1n) is 10.4. The van der Waals surface area contributed by atoms with E-state index in [9.17, 15) is 18.5 Å². The number of aliphatic hydroxyl groups is 1. The summed E-state index contributed by atoms with van der Waals surface area (Å²) in [6.45, 7) is 0.542. The second kappa shape index (κ2) is 11.3. The molecule has 0 aliphatic heterocycles. The zero-order chi connectivity index (χ0) is 25.4. The van der Waals surface area contributed by atoms with Gasteiger partial charge in [-0.3, -0.25) is 20.3 Å². The van der Waals surface area contributed by atoms with Crippen molar-refractivity contribution in [3.63, 3.8) is 0 Å². The number of anilines is 3. The molecule has 0 fully saturated rings. The van der Waals surface area contributed by atoms with Crippen molar-refractivity contribution in [3.8, 4) is 5.75 Å². The fourth-order valence-electron chi connectivity index (χ4n) is 3.07. The van der Waals surface area contributed by atoms with Crippen LogP contribution in [0.15, 0.2) is 76.7 Å². The zero-order valence-electron chi connectivity index (χ0n) is 19.1. The van der Waals surface area contributed by atoms with Crippen molar-refractivity contribution in [1.29, 1.82) is 0 Å². The zero-order valence-corrected chi connectivity index (χ0v) is 19.9. The Hall–Kier alpha value is -4.16. The van der Waals surface area contributed by atoms with Crippen molar-refractivity contribution in [3.05, 3.63) is 82.4 Å². The highest BCUT2D eigenvalue weighted by Gasteiger charge is 2.21. The van der Waals surface area contributed by atoms with Gasteiger partial charge in [-0.05, 0) is 54.1 Å². The quantitative estimate of drug-likeness (QED) is 0.207. The highest BCUT2D eigenvalue weighted by molar-refractivity contribution is 7.92. The number of nitro groups is 1. The number of ether oxygens (including phenoxy) is 1. The number of benzene rings is 3. The molecule has 0 spiro atoms. The molecule has 11 nitrogen and oxygen atoms in total. The van der Waals surface area contributed by atoms with Crippen LogP contribution < -0.4 is 19.8 Å². The number of nitrogens with zero attached hydrogens (tertiary/aromatic N) is 3. The van der Waals surface area contributed by atoms with Gasteiger partial charge < -0.3 is 14.7 Å². The summed E-state index contributed by atoms with van der Waals surface area (Å²) in [4.78, 5) is 12.5. The second-order valence-corrected chi connectivity index (χ2v) is 9.06. The first kappa shape index (κ1) is 25.5. The average molecular weight is 500 g/mol. The Kier molecular flexibility index (Phi) is 8.23. The maximum Gasteiger partial charge on any atom is 0.295 e. The van der Waals surface area contributed by atoms with E-state index in [0.717, 1.165) is 17.3 Å². The van der Waals surface area contributed by atoms with E-state index in [-0.39, 0.29) is 22.9 Å². The van der Waals surface area contributed by atoms with E-state index in [4.69, 9.17) is 9.84 Å². The maximum atomic E-state index is 12.7. The molecule has 12 heteroatoms. The number of rotatable bonds is 11. The van der Waals surface area contributed by atoms with Crippen molar-refractivity contribution < 1.29 is 23.2 Å². The Balaban J connectivity index is 1.74. The molecule has 0 saturated carbocycles. The van der Waals surface area contributed by atoms with Crippen molar-refractivity contribution in [1.82, 2.24) is 0 Å². The largest absolute Gasteiger partial charge is 0.497 e. The van der Waals surface area contributed by atoms with Crippen LogP contribution in [0.5, 0.6) is 5.75 Å². The van der Waals surface area contributed by atoms with E-state index in [0.29, 0.717) is 12.3 Å². The number of nitrogens with one attached hydrogen (secondary N) is 2. The van der Waals surface area contributed by atoms with E-state index in [2.05, 4.69) is 15.2 Å². The van der Waals surface area contributed by atoms with E-state index in [1.54, 1.807) is 12.1 Å². The third-order valence-electron chi connectivity index (χ3n) is 4.99. The molecule has 0 aliphatic rings. The summed E-state index contributed by atoms with van der Waals surface area (Å²) in [6, 6.07) is 17.1. The van der Waals surface area contributed by atoms with Crippen molar-refractivity contribution in [2.75, 3.05) is 42.4 Å². The van der Waals surface area contributed by atoms with Gasteiger partial charge in [0.1, 0.15) is 11.4 Å². The lowest BCUT2D eigenvalue weighted by Gasteiger charge is -2.17. The number of sulfonamides is 1. The van der Waals surface area contributed by atoms with E-state index in [1.165, 1.54) is 37.6 Å². The van der Waals surface area contributed by atoms with E-state index < -0.39 is 20.6 Å². The van der Waals surface area contributed by atoms with Gasteiger partial charge in [-0.15, -0.1) is 0 Å². The summed E-state index contributed by atoms with van der Waals surface area (Å²) in [5, 5.41) is 24.6. The molecule has 0 amide bonds. The first-order valence-corrected chi connectivity index (χ1v) is 11.9. The summed E-state index contributed by atoms with van der Waals surface area (Å²) in [5.74, 6) is 0.560. The third-order valence-corrected chi connectivity index (χ3v) is 6.37. The predicted octanol–water partition coefficient (Wildman–Crippen LogP) is 3.28. The van der Waals surface area contributed by atoms with Gasteiger partial charge in [-0.25, -0.2) is 8.42 Å². The summed E-state index contributed by atoms with van der Waals surface area (Å²) < 4.78 is 32.9. The molecule has 184 valence electrons. The molecule has 0 aliphatic carbocycles. The Bertz CT molecular complexity index is 1290. The van der Waals surface area contributed by atoms with Crippen molar-refractivity contribution in [2.24, 2.45) is 5.10 Å². The average Bonchev–Trinajstić information content (AvgIpc) is 2.85. The van der Waals surface area contributed by atoms with Gasteiger partial charge in [0.25, 0.3) is 15.7 Å². The van der Waals surface area contributed by atoms with Gasteiger partial charge >= 0.3 is 0 Å². The lowest BCUT2D eigenvalue weighted by atomic mass is 10.2. The van der Waals surface area contributed by atoms with Crippen molar-refractivity contribution in [2.45, 2.75) is 4.90 Å². The van der Waals surface area contributed by atoms with Crippen LogP contribution >= 0.6 is 0 Å². The minimum atomic E-state index is -4.07. The lowest BCUT2D eigenvalue weighted by molar-refractivity contribution is -0.384. The molecule has 0 radical (unpaired) electrons. The second-order valence-electron chi connectivity index (χ2n) is 7.38.